The second-order valence-electron chi connectivity index (χ2n) is 6.13. The third-order valence-corrected chi connectivity index (χ3v) is 4.54. The third-order valence-electron chi connectivity index (χ3n) is 4.54. The van der Waals surface area contributed by atoms with Crippen LogP contribution in [0.15, 0.2) is 24.4 Å². The zero-order chi connectivity index (χ0) is 15.5. The molecular formula is C16H26N4O. The number of carbonyl (C=O) groups is 1. The molecule has 1 aromatic rings. The number of nitrogens with two attached hydrogens (primary N) is 1. The van der Waals surface area contributed by atoms with Crippen LogP contribution in [0.1, 0.15) is 38.4 Å². The summed E-state index contributed by atoms with van der Waals surface area (Å²) in [7, 11) is 1.70. The summed E-state index contributed by atoms with van der Waals surface area (Å²) >= 11 is 0. The van der Waals surface area contributed by atoms with Gasteiger partial charge in [0.25, 0.3) is 0 Å². The van der Waals surface area contributed by atoms with E-state index >= 15 is 0 Å². The van der Waals surface area contributed by atoms with Crippen molar-refractivity contribution in [2.45, 2.75) is 38.8 Å². The molecule has 0 bridgehead atoms. The van der Waals surface area contributed by atoms with Crippen molar-refractivity contribution >= 4 is 5.91 Å². The molecule has 1 aromatic heterocycles. The van der Waals surface area contributed by atoms with E-state index in [2.05, 4.69) is 22.1 Å². The predicted molar refractivity (Wildman–Crippen MR) is 83.6 cm³/mol. The molecule has 0 saturated carbocycles. The van der Waals surface area contributed by atoms with Gasteiger partial charge in [-0.25, -0.2) is 0 Å². The standard InChI is InChI=1S/C16H26N4O/c1-4-12(17)14(13-7-5-6-9-19-13)20-10-8-16(2,11-20)15(21)18-3/h5-7,9,12,14H,4,8,10-11,17H2,1-3H3,(H,18,21). The highest BCUT2D eigenvalue weighted by atomic mass is 16.2. The molecular weight excluding hydrogens is 264 g/mol. The average molecular weight is 290 g/mol. The maximum atomic E-state index is 12.1. The van der Waals surface area contributed by atoms with Gasteiger partial charge in [0.1, 0.15) is 0 Å². The Hall–Kier alpha value is -1.46. The number of nitrogens with one attached hydrogen (secondary N) is 1. The lowest BCUT2D eigenvalue weighted by Crippen LogP contribution is -2.43. The Labute approximate surface area is 126 Å². The van der Waals surface area contributed by atoms with Gasteiger partial charge in [-0.3, -0.25) is 14.7 Å². The van der Waals surface area contributed by atoms with Gasteiger partial charge in [0.05, 0.1) is 17.2 Å². The first-order valence-electron chi connectivity index (χ1n) is 7.64. The van der Waals surface area contributed by atoms with Crippen LogP contribution in [0.3, 0.4) is 0 Å². The van der Waals surface area contributed by atoms with Crippen LogP contribution in [-0.2, 0) is 4.79 Å². The fraction of sp³-hybridized carbons (Fsp3) is 0.625. The van der Waals surface area contributed by atoms with E-state index in [0.717, 1.165) is 31.6 Å². The lowest BCUT2D eigenvalue weighted by atomic mass is 9.88. The SMILES string of the molecule is CCC(N)C(c1ccccn1)N1CCC(C)(C(=O)NC)C1. The highest BCUT2D eigenvalue weighted by molar-refractivity contribution is 5.82. The number of carbonyl (C=O) groups excluding carboxylic acids is 1. The highest BCUT2D eigenvalue weighted by Crippen LogP contribution is 2.36. The van der Waals surface area contributed by atoms with Crippen molar-refractivity contribution in [3.8, 4) is 0 Å². The number of hydrogen-bond donors (Lipinski definition) is 2. The van der Waals surface area contributed by atoms with Gasteiger partial charge in [-0.1, -0.05) is 13.0 Å². The van der Waals surface area contributed by atoms with Gasteiger partial charge in [-0.2, -0.15) is 0 Å². The maximum absolute atomic E-state index is 12.1. The van der Waals surface area contributed by atoms with Crippen LogP contribution < -0.4 is 11.1 Å². The maximum Gasteiger partial charge on any atom is 0.227 e. The molecule has 1 fully saturated rings. The summed E-state index contributed by atoms with van der Waals surface area (Å²) in [4.78, 5) is 18.9. The molecule has 3 unspecified atom stereocenters. The summed E-state index contributed by atoms with van der Waals surface area (Å²) in [5.41, 5.74) is 7.00. The van der Waals surface area contributed by atoms with Crippen LogP contribution in [0.4, 0.5) is 0 Å². The molecule has 1 amide bonds. The highest BCUT2D eigenvalue weighted by Gasteiger charge is 2.43. The van der Waals surface area contributed by atoms with Crippen molar-refractivity contribution in [2.75, 3.05) is 20.1 Å². The topological polar surface area (TPSA) is 71.2 Å². The zero-order valence-electron chi connectivity index (χ0n) is 13.2. The van der Waals surface area contributed by atoms with Gasteiger partial charge in [0, 0.05) is 25.8 Å². The number of hydrogen-bond acceptors (Lipinski definition) is 4. The summed E-state index contributed by atoms with van der Waals surface area (Å²) in [6, 6.07) is 6.02. The molecule has 0 aliphatic carbocycles. The smallest absolute Gasteiger partial charge is 0.227 e. The van der Waals surface area contributed by atoms with Crippen LogP contribution in [0.25, 0.3) is 0 Å². The summed E-state index contributed by atoms with van der Waals surface area (Å²) in [5.74, 6) is 0.106. The lowest BCUT2D eigenvalue weighted by molar-refractivity contribution is -0.129. The third kappa shape index (κ3) is 3.24. The molecule has 2 rings (SSSR count). The van der Waals surface area contributed by atoms with E-state index in [1.807, 2.05) is 25.1 Å². The minimum atomic E-state index is -0.338. The first-order chi connectivity index (χ1) is 10.0. The monoisotopic (exact) mass is 290 g/mol. The molecule has 0 spiro atoms. The Morgan fingerprint density at radius 3 is 2.90 bits per heavy atom. The Bertz CT molecular complexity index is 478. The molecule has 21 heavy (non-hydrogen) atoms. The average Bonchev–Trinajstić information content (AvgIpc) is 2.91. The summed E-state index contributed by atoms with van der Waals surface area (Å²) in [6.45, 7) is 5.72. The molecule has 3 N–H and O–H groups in total. The fourth-order valence-corrected chi connectivity index (χ4v) is 3.17. The van der Waals surface area contributed by atoms with E-state index in [9.17, 15) is 4.79 Å². The van der Waals surface area contributed by atoms with E-state index in [4.69, 9.17) is 5.73 Å². The van der Waals surface area contributed by atoms with Crippen molar-refractivity contribution in [3.63, 3.8) is 0 Å². The van der Waals surface area contributed by atoms with Gasteiger partial charge in [0.2, 0.25) is 5.91 Å². The van der Waals surface area contributed by atoms with E-state index in [1.165, 1.54) is 0 Å². The van der Waals surface area contributed by atoms with Crippen LogP contribution in [0.2, 0.25) is 0 Å². The Balaban J connectivity index is 2.22. The van der Waals surface area contributed by atoms with Crippen molar-refractivity contribution in [1.82, 2.24) is 15.2 Å². The van der Waals surface area contributed by atoms with Crippen molar-refractivity contribution < 1.29 is 4.79 Å². The molecule has 0 radical (unpaired) electrons. The molecule has 3 atom stereocenters. The summed E-state index contributed by atoms with van der Waals surface area (Å²) in [6.07, 6.45) is 3.54. The van der Waals surface area contributed by atoms with Gasteiger partial charge < -0.3 is 11.1 Å². The second kappa shape index (κ2) is 6.54. The van der Waals surface area contributed by atoms with Gasteiger partial charge in [-0.15, -0.1) is 0 Å². The summed E-state index contributed by atoms with van der Waals surface area (Å²) < 4.78 is 0. The van der Waals surface area contributed by atoms with Crippen LogP contribution in [0.5, 0.6) is 0 Å². The van der Waals surface area contributed by atoms with Crippen LogP contribution >= 0.6 is 0 Å². The van der Waals surface area contributed by atoms with Crippen molar-refractivity contribution in [3.05, 3.63) is 30.1 Å². The zero-order valence-corrected chi connectivity index (χ0v) is 13.2. The van der Waals surface area contributed by atoms with Gasteiger partial charge in [0.15, 0.2) is 0 Å². The van der Waals surface area contributed by atoms with E-state index in [-0.39, 0.29) is 23.4 Å². The van der Waals surface area contributed by atoms with Gasteiger partial charge >= 0.3 is 0 Å². The number of amides is 1. The van der Waals surface area contributed by atoms with E-state index < -0.39 is 0 Å². The van der Waals surface area contributed by atoms with Crippen molar-refractivity contribution in [2.24, 2.45) is 11.1 Å². The van der Waals surface area contributed by atoms with Gasteiger partial charge in [-0.05, 0) is 38.4 Å². The molecule has 5 nitrogen and oxygen atoms in total. The molecule has 1 saturated heterocycles. The molecule has 0 aromatic carbocycles. The molecule has 1 aliphatic heterocycles. The number of nitrogens with zero attached hydrogens (tertiary/aromatic N) is 2. The van der Waals surface area contributed by atoms with E-state index in [0.29, 0.717) is 0 Å². The number of likely N-dealkylation sites (tertiary alicyclic amines) is 1. The molecule has 1 aliphatic rings. The first kappa shape index (κ1) is 15.9. The molecule has 2 heterocycles. The fourth-order valence-electron chi connectivity index (χ4n) is 3.17. The predicted octanol–water partition coefficient (Wildman–Crippen LogP) is 1.32. The number of aromatic nitrogens is 1. The van der Waals surface area contributed by atoms with Crippen LogP contribution in [-0.4, -0.2) is 42.0 Å². The lowest BCUT2D eigenvalue weighted by Gasteiger charge is -2.33. The van der Waals surface area contributed by atoms with Crippen LogP contribution in [0, 0.1) is 5.41 Å². The second-order valence-corrected chi connectivity index (χ2v) is 6.13. The van der Waals surface area contributed by atoms with E-state index in [1.54, 1.807) is 13.2 Å². The first-order valence-corrected chi connectivity index (χ1v) is 7.64. The molecule has 5 heteroatoms. The Morgan fingerprint density at radius 2 is 2.33 bits per heavy atom. The minimum Gasteiger partial charge on any atom is -0.359 e. The van der Waals surface area contributed by atoms with Crippen molar-refractivity contribution in [1.29, 1.82) is 0 Å². The Morgan fingerprint density at radius 1 is 1.57 bits per heavy atom. The molecule has 116 valence electrons. The Kier molecular flexibility index (Phi) is 4.96. The minimum absolute atomic E-state index is 0.0203. The quantitative estimate of drug-likeness (QED) is 0.858. The number of rotatable bonds is 5. The largest absolute Gasteiger partial charge is 0.359 e. The normalized spacial score (nSPS) is 25.5. The number of pyridine rings is 1. The summed E-state index contributed by atoms with van der Waals surface area (Å²) in [5, 5.41) is 2.78.